The average Bonchev–Trinajstić information content (AvgIpc) is 2.59. The molecule has 23 heavy (non-hydrogen) atoms. The number of primary amides is 1. The molecule has 0 aliphatic heterocycles. The number of benzene rings is 1. The molecule has 5 heteroatoms. The zero-order chi connectivity index (χ0) is 16.2. The number of nitrogens with two attached hydrogens (primary N) is 1. The van der Waals surface area contributed by atoms with E-state index in [2.05, 4.69) is 40.1 Å². The van der Waals surface area contributed by atoms with E-state index in [1.54, 1.807) is 12.1 Å². The van der Waals surface area contributed by atoms with Gasteiger partial charge in [0.15, 0.2) is 0 Å². The van der Waals surface area contributed by atoms with Gasteiger partial charge in [-0.05, 0) is 31.1 Å². The summed E-state index contributed by atoms with van der Waals surface area (Å²) in [4.78, 5) is 20.1. The molecule has 116 valence electrons. The number of para-hydroxylation sites is 1. The third-order valence-corrected chi connectivity index (χ3v) is 4.04. The van der Waals surface area contributed by atoms with Crippen molar-refractivity contribution < 1.29 is 4.79 Å². The Kier molecular flexibility index (Phi) is 4.24. The van der Waals surface area contributed by atoms with E-state index in [9.17, 15) is 4.79 Å². The molecule has 2 unspecified atom stereocenters. The van der Waals surface area contributed by atoms with Crippen LogP contribution < -0.4 is 11.1 Å². The number of aromatic nitrogens is 2. The fraction of sp³-hybridized carbons (Fsp3) is 0.278. The number of nitrogens with one attached hydrogen (secondary N) is 1. The van der Waals surface area contributed by atoms with Crippen LogP contribution in [0.15, 0.2) is 36.7 Å². The monoisotopic (exact) mass is 306 g/mol. The maximum Gasteiger partial charge on any atom is 0.250 e. The lowest BCUT2D eigenvalue weighted by Crippen LogP contribution is -2.28. The summed E-state index contributed by atoms with van der Waals surface area (Å²) in [6.07, 6.45) is 7.29. The summed E-state index contributed by atoms with van der Waals surface area (Å²) in [6, 6.07) is 5.54. The van der Waals surface area contributed by atoms with E-state index >= 15 is 0 Å². The average molecular weight is 306 g/mol. The molecule has 0 radical (unpaired) electrons. The normalized spacial score (nSPS) is 17.3. The Labute approximate surface area is 135 Å². The Morgan fingerprint density at radius 1 is 1.48 bits per heavy atom. The van der Waals surface area contributed by atoms with Gasteiger partial charge in [-0.25, -0.2) is 9.97 Å². The first-order valence-electron chi connectivity index (χ1n) is 7.66. The quantitative estimate of drug-likeness (QED) is 0.832. The van der Waals surface area contributed by atoms with Crippen LogP contribution in [0.4, 0.5) is 5.82 Å². The van der Waals surface area contributed by atoms with Crippen LogP contribution >= 0.6 is 0 Å². The van der Waals surface area contributed by atoms with Gasteiger partial charge in [0, 0.05) is 17.3 Å². The van der Waals surface area contributed by atoms with E-state index in [0.29, 0.717) is 16.9 Å². The molecule has 0 saturated carbocycles. The number of amides is 1. The van der Waals surface area contributed by atoms with E-state index < -0.39 is 5.91 Å². The van der Waals surface area contributed by atoms with Crippen molar-refractivity contribution in [2.45, 2.75) is 25.8 Å². The van der Waals surface area contributed by atoms with Crippen LogP contribution in [0.5, 0.6) is 0 Å². The molecule has 3 rings (SSSR count). The van der Waals surface area contributed by atoms with Crippen LogP contribution in [0.25, 0.3) is 10.9 Å². The van der Waals surface area contributed by atoms with Gasteiger partial charge in [-0.3, -0.25) is 4.79 Å². The molecule has 5 nitrogen and oxygen atoms in total. The van der Waals surface area contributed by atoms with Gasteiger partial charge >= 0.3 is 0 Å². The lowest BCUT2D eigenvalue weighted by Gasteiger charge is -2.24. The molecule has 1 heterocycles. The smallest absolute Gasteiger partial charge is 0.250 e. The molecule has 0 fully saturated rings. The van der Waals surface area contributed by atoms with Gasteiger partial charge in [-0.2, -0.15) is 0 Å². The number of carbonyl (C=O) groups is 1. The lowest BCUT2D eigenvalue weighted by atomic mass is 9.92. The minimum absolute atomic E-state index is 0.183. The molecule has 2 aromatic rings. The SMILES string of the molecule is CCC(Nc1ncnc2c(C(N)=O)cccc12)C1C#CC=CC1. The standard InChI is InChI=1S/C18H18N4O/c1-2-15(12-7-4-3-5-8-12)22-18-14-10-6-9-13(17(19)23)16(14)20-11-21-18/h3-4,6,9-12,15H,2,7H2,1H3,(H2,19,23)(H,20,21,22). The maximum atomic E-state index is 11.6. The molecule has 0 bridgehead atoms. The summed E-state index contributed by atoms with van der Waals surface area (Å²) in [5.41, 5.74) is 6.40. The molecular weight excluding hydrogens is 288 g/mol. The van der Waals surface area contributed by atoms with Gasteiger partial charge in [-0.1, -0.05) is 30.9 Å². The van der Waals surface area contributed by atoms with Crippen LogP contribution in [0.2, 0.25) is 0 Å². The predicted molar refractivity (Wildman–Crippen MR) is 90.8 cm³/mol. The lowest BCUT2D eigenvalue weighted by molar-refractivity contribution is 0.100. The highest BCUT2D eigenvalue weighted by molar-refractivity contribution is 6.06. The van der Waals surface area contributed by atoms with E-state index in [0.717, 1.165) is 18.2 Å². The topological polar surface area (TPSA) is 80.9 Å². The molecule has 1 aliphatic rings. The number of nitrogens with zero attached hydrogens (tertiary/aromatic N) is 2. The van der Waals surface area contributed by atoms with Crippen molar-refractivity contribution in [2.75, 3.05) is 5.32 Å². The summed E-state index contributed by atoms with van der Waals surface area (Å²) >= 11 is 0. The van der Waals surface area contributed by atoms with Crippen molar-refractivity contribution in [3.63, 3.8) is 0 Å². The second-order valence-electron chi connectivity index (χ2n) is 5.48. The zero-order valence-electron chi connectivity index (χ0n) is 12.9. The minimum atomic E-state index is -0.490. The fourth-order valence-electron chi connectivity index (χ4n) is 2.82. The number of allylic oxidation sites excluding steroid dienone is 2. The van der Waals surface area contributed by atoms with E-state index in [-0.39, 0.29) is 12.0 Å². The number of hydrogen-bond donors (Lipinski definition) is 2. The van der Waals surface area contributed by atoms with E-state index in [1.807, 2.05) is 12.1 Å². The van der Waals surface area contributed by atoms with Gasteiger partial charge in [0.05, 0.1) is 11.1 Å². The molecule has 3 N–H and O–H groups in total. The van der Waals surface area contributed by atoms with E-state index in [4.69, 9.17) is 5.73 Å². The van der Waals surface area contributed by atoms with Crippen LogP contribution in [-0.2, 0) is 0 Å². The van der Waals surface area contributed by atoms with Gasteiger partial charge in [0.25, 0.3) is 5.91 Å². The predicted octanol–water partition coefficient (Wildman–Crippen LogP) is 2.50. The molecule has 1 aromatic heterocycles. The van der Waals surface area contributed by atoms with Crippen LogP contribution in [-0.4, -0.2) is 21.9 Å². The van der Waals surface area contributed by atoms with E-state index in [1.165, 1.54) is 6.33 Å². The summed E-state index contributed by atoms with van der Waals surface area (Å²) in [5.74, 6) is 6.75. The van der Waals surface area contributed by atoms with Gasteiger partial charge in [0.2, 0.25) is 0 Å². The van der Waals surface area contributed by atoms with Crippen molar-refractivity contribution in [1.29, 1.82) is 0 Å². The Morgan fingerprint density at radius 2 is 2.35 bits per heavy atom. The van der Waals surface area contributed by atoms with Crippen molar-refractivity contribution in [2.24, 2.45) is 11.7 Å². The second kappa shape index (κ2) is 6.49. The van der Waals surface area contributed by atoms with Crippen molar-refractivity contribution in [3.8, 4) is 11.8 Å². The molecule has 2 atom stereocenters. The third kappa shape index (κ3) is 3.02. The van der Waals surface area contributed by atoms with Crippen LogP contribution in [0, 0.1) is 17.8 Å². The van der Waals surface area contributed by atoms with Crippen LogP contribution in [0.1, 0.15) is 30.1 Å². The molecule has 0 spiro atoms. The Hall–Kier alpha value is -2.87. The zero-order valence-corrected chi connectivity index (χ0v) is 12.9. The second-order valence-corrected chi connectivity index (χ2v) is 5.48. The summed E-state index contributed by atoms with van der Waals surface area (Å²) in [6.45, 7) is 2.12. The highest BCUT2D eigenvalue weighted by atomic mass is 16.1. The first kappa shape index (κ1) is 15.0. The molecule has 1 aromatic carbocycles. The summed E-state index contributed by atoms with van der Waals surface area (Å²) < 4.78 is 0. The highest BCUT2D eigenvalue weighted by Gasteiger charge is 2.20. The highest BCUT2D eigenvalue weighted by Crippen LogP contribution is 2.25. The Balaban J connectivity index is 1.97. The maximum absolute atomic E-state index is 11.6. The number of fused-ring (bicyclic) bond motifs is 1. The summed E-state index contributed by atoms with van der Waals surface area (Å²) in [5, 5.41) is 4.26. The van der Waals surface area contributed by atoms with Crippen molar-refractivity contribution in [3.05, 3.63) is 42.2 Å². The Morgan fingerprint density at radius 3 is 3.04 bits per heavy atom. The Bertz CT molecular complexity index is 832. The van der Waals surface area contributed by atoms with Gasteiger partial charge in [0.1, 0.15) is 12.1 Å². The molecule has 0 saturated heterocycles. The number of anilines is 1. The molecule has 1 amide bonds. The van der Waals surface area contributed by atoms with Crippen molar-refractivity contribution in [1.82, 2.24) is 9.97 Å². The van der Waals surface area contributed by atoms with Crippen molar-refractivity contribution >= 4 is 22.6 Å². The molecular formula is C18H18N4O. The largest absolute Gasteiger partial charge is 0.366 e. The third-order valence-electron chi connectivity index (χ3n) is 4.04. The minimum Gasteiger partial charge on any atom is -0.366 e. The first-order valence-corrected chi connectivity index (χ1v) is 7.66. The van der Waals surface area contributed by atoms with Crippen LogP contribution in [0.3, 0.4) is 0 Å². The summed E-state index contributed by atoms with van der Waals surface area (Å²) in [7, 11) is 0. The molecule has 1 aliphatic carbocycles. The number of carbonyl (C=O) groups excluding carboxylic acids is 1. The van der Waals surface area contributed by atoms with Gasteiger partial charge in [-0.15, -0.1) is 0 Å². The van der Waals surface area contributed by atoms with Gasteiger partial charge < -0.3 is 11.1 Å². The number of rotatable bonds is 5. The number of hydrogen-bond acceptors (Lipinski definition) is 4. The first-order chi connectivity index (χ1) is 11.2. The fourth-order valence-corrected chi connectivity index (χ4v) is 2.82.